The fourth-order valence-corrected chi connectivity index (χ4v) is 5.39. The van der Waals surface area contributed by atoms with Crippen molar-refractivity contribution in [3.63, 3.8) is 0 Å². The Morgan fingerprint density at radius 1 is 1.03 bits per heavy atom. The van der Waals surface area contributed by atoms with E-state index in [-0.39, 0.29) is 41.3 Å². The van der Waals surface area contributed by atoms with Crippen molar-refractivity contribution in [2.24, 2.45) is 5.92 Å². The first-order valence-electron chi connectivity index (χ1n) is 10.5. The smallest absolute Gasteiger partial charge is 0.339 e. The molecule has 0 spiro atoms. The number of nitrogens with one attached hydrogen (secondary N) is 2. The summed E-state index contributed by atoms with van der Waals surface area (Å²) < 4.78 is 32.3. The van der Waals surface area contributed by atoms with Gasteiger partial charge in [-0.1, -0.05) is 18.2 Å². The van der Waals surface area contributed by atoms with Crippen molar-refractivity contribution in [1.29, 1.82) is 0 Å². The number of hydrogen-bond acceptors (Lipinski definition) is 6. The van der Waals surface area contributed by atoms with Gasteiger partial charge in [0.1, 0.15) is 0 Å². The average Bonchev–Trinajstić information content (AvgIpc) is 2.80. The number of sulfonamides is 1. The van der Waals surface area contributed by atoms with Gasteiger partial charge < -0.3 is 15.4 Å². The molecule has 0 aromatic heterocycles. The molecule has 1 saturated heterocycles. The van der Waals surface area contributed by atoms with Crippen LogP contribution in [0.25, 0.3) is 0 Å². The average molecular weight is 474 g/mol. The predicted molar refractivity (Wildman–Crippen MR) is 123 cm³/mol. The summed E-state index contributed by atoms with van der Waals surface area (Å²) in [7, 11) is -2.72. The minimum Gasteiger partial charge on any atom is -0.465 e. The van der Waals surface area contributed by atoms with Crippen LogP contribution in [0, 0.1) is 12.8 Å². The Bertz CT molecular complexity index is 1170. The molecule has 0 atom stereocenters. The maximum Gasteiger partial charge on any atom is 0.339 e. The summed E-state index contributed by atoms with van der Waals surface area (Å²) in [5, 5.41) is 5.57. The first-order valence-corrected chi connectivity index (χ1v) is 11.9. The Balaban J connectivity index is 1.67. The molecule has 176 valence electrons. The van der Waals surface area contributed by atoms with Crippen molar-refractivity contribution in [1.82, 2.24) is 4.31 Å². The van der Waals surface area contributed by atoms with Crippen LogP contribution >= 0.6 is 0 Å². The largest absolute Gasteiger partial charge is 0.465 e. The number of anilines is 2. The molecule has 2 N–H and O–H groups in total. The third-order valence-corrected chi connectivity index (χ3v) is 7.51. The lowest BCUT2D eigenvalue weighted by molar-refractivity contribution is -0.121. The fourth-order valence-electron chi connectivity index (χ4n) is 3.74. The van der Waals surface area contributed by atoms with E-state index in [2.05, 4.69) is 10.6 Å². The van der Waals surface area contributed by atoms with Gasteiger partial charge in [-0.05, 0) is 49.6 Å². The highest BCUT2D eigenvalue weighted by Crippen LogP contribution is 2.28. The number of amides is 2. The number of hydrogen-bond donors (Lipinski definition) is 2. The number of carbonyl (C=O) groups excluding carboxylic acids is 3. The van der Waals surface area contributed by atoms with Crippen LogP contribution in [0.1, 0.15) is 35.7 Å². The number of rotatable bonds is 6. The zero-order chi connectivity index (χ0) is 24.2. The lowest BCUT2D eigenvalue weighted by Gasteiger charge is -2.31. The number of piperidine rings is 1. The maximum atomic E-state index is 13.1. The van der Waals surface area contributed by atoms with Crippen LogP contribution in [0.5, 0.6) is 0 Å². The maximum absolute atomic E-state index is 13.1. The van der Waals surface area contributed by atoms with Crippen molar-refractivity contribution in [3.05, 3.63) is 53.6 Å². The summed E-state index contributed by atoms with van der Waals surface area (Å²) in [4.78, 5) is 36.0. The predicted octanol–water partition coefficient (Wildman–Crippen LogP) is 2.78. The van der Waals surface area contributed by atoms with Crippen LogP contribution in [0.15, 0.2) is 47.4 Å². The minimum atomic E-state index is -3.92. The molecule has 1 fully saturated rings. The molecule has 0 aliphatic carbocycles. The van der Waals surface area contributed by atoms with Crippen molar-refractivity contribution in [3.8, 4) is 0 Å². The number of aryl methyl sites for hydroxylation is 1. The zero-order valence-electron chi connectivity index (χ0n) is 18.8. The second-order valence-corrected chi connectivity index (χ2v) is 9.77. The van der Waals surface area contributed by atoms with Gasteiger partial charge in [-0.3, -0.25) is 9.59 Å². The molecule has 3 rings (SSSR count). The molecule has 1 heterocycles. The van der Waals surface area contributed by atoms with Gasteiger partial charge in [-0.2, -0.15) is 4.31 Å². The van der Waals surface area contributed by atoms with Gasteiger partial charge in [0.05, 0.1) is 17.6 Å². The van der Waals surface area contributed by atoms with Crippen molar-refractivity contribution in [2.45, 2.75) is 31.6 Å². The van der Waals surface area contributed by atoms with Gasteiger partial charge in [0.2, 0.25) is 21.8 Å². The number of nitrogens with zero attached hydrogens (tertiary/aromatic N) is 1. The van der Waals surface area contributed by atoms with E-state index in [1.165, 1.54) is 30.5 Å². The monoisotopic (exact) mass is 473 g/mol. The van der Waals surface area contributed by atoms with Crippen LogP contribution in [0.3, 0.4) is 0 Å². The number of ether oxygens (including phenoxy) is 1. The SMILES string of the molecule is COC(=O)c1ccccc1S(=O)(=O)N1CCC(C(=O)Nc2ccc(C)c(NC(C)=O)c2)CC1. The molecule has 33 heavy (non-hydrogen) atoms. The third kappa shape index (κ3) is 5.58. The standard InChI is InChI=1S/C23H27N3O6S/c1-15-8-9-18(14-20(15)24-16(2)27)25-22(28)17-10-12-26(13-11-17)33(30,31)21-7-5-4-6-19(21)23(29)32-3/h4-9,14,17H,10-13H2,1-3H3,(H,24,27)(H,25,28). The van der Waals surface area contributed by atoms with Gasteiger partial charge >= 0.3 is 5.97 Å². The lowest BCUT2D eigenvalue weighted by atomic mass is 9.97. The molecule has 2 amide bonds. The van der Waals surface area contributed by atoms with E-state index >= 15 is 0 Å². The number of benzene rings is 2. The Morgan fingerprint density at radius 3 is 2.33 bits per heavy atom. The van der Waals surface area contributed by atoms with E-state index in [0.29, 0.717) is 24.2 Å². The molecule has 0 unspecified atom stereocenters. The molecule has 1 aliphatic heterocycles. The molecule has 10 heteroatoms. The molecule has 0 bridgehead atoms. The number of methoxy groups -OCH3 is 1. The summed E-state index contributed by atoms with van der Waals surface area (Å²) in [6.45, 7) is 3.57. The zero-order valence-corrected chi connectivity index (χ0v) is 19.6. The van der Waals surface area contributed by atoms with Crippen molar-refractivity contribution >= 4 is 39.2 Å². The van der Waals surface area contributed by atoms with Crippen LogP contribution in [0.2, 0.25) is 0 Å². The molecule has 0 saturated carbocycles. The van der Waals surface area contributed by atoms with Gasteiger partial charge in [-0.25, -0.2) is 13.2 Å². The summed E-state index contributed by atoms with van der Waals surface area (Å²) in [6, 6.07) is 11.2. The first-order chi connectivity index (χ1) is 15.6. The van der Waals surface area contributed by atoms with E-state index in [4.69, 9.17) is 4.74 Å². The summed E-state index contributed by atoms with van der Waals surface area (Å²) in [5.74, 6) is -1.50. The van der Waals surface area contributed by atoms with Crippen LogP contribution in [0.4, 0.5) is 11.4 Å². The quantitative estimate of drug-likeness (QED) is 0.622. The molecule has 0 radical (unpaired) electrons. The fraction of sp³-hybridized carbons (Fsp3) is 0.348. The van der Waals surface area contributed by atoms with Crippen molar-refractivity contribution < 1.29 is 27.5 Å². The topological polar surface area (TPSA) is 122 Å². The van der Waals surface area contributed by atoms with Crippen LogP contribution in [-0.2, 0) is 24.3 Å². The van der Waals surface area contributed by atoms with E-state index in [9.17, 15) is 22.8 Å². The van der Waals surface area contributed by atoms with Crippen LogP contribution < -0.4 is 10.6 Å². The highest BCUT2D eigenvalue weighted by atomic mass is 32.2. The second-order valence-electron chi connectivity index (χ2n) is 7.87. The molecule has 2 aromatic rings. The Morgan fingerprint density at radius 2 is 1.70 bits per heavy atom. The van der Waals surface area contributed by atoms with Crippen molar-refractivity contribution in [2.75, 3.05) is 30.8 Å². The van der Waals surface area contributed by atoms with Gasteiger partial charge in [-0.15, -0.1) is 0 Å². The third-order valence-electron chi connectivity index (χ3n) is 5.55. The number of esters is 1. The number of carbonyl (C=O) groups is 3. The first kappa shape index (κ1) is 24.4. The minimum absolute atomic E-state index is 0.0192. The molecule has 1 aliphatic rings. The molecular weight excluding hydrogens is 446 g/mol. The Labute approximate surface area is 193 Å². The summed E-state index contributed by atoms with van der Waals surface area (Å²) in [6.07, 6.45) is 0.686. The van der Waals surface area contributed by atoms with E-state index in [1.807, 2.05) is 6.92 Å². The Kier molecular flexibility index (Phi) is 7.50. The van der Waals surface area contributed by atoms with E-state index in [1.54, 1.807) is 30.3 Å². The van der Waals surface area contributed by atoms with E-state index < -0.39 is 16.0 Å². The second kappa shape index (κ2) is 10.1. The van der Waals surface area contributed by atoms with Gasteiger partial charge in [0.15, 0.2) is 0 Å². The molecular formula is C23H27N3O6S. The Hall–Kier alpha value is -3.24. The van der Waals surface area contributed by atoms with Gasteiger partial charge in [0, 0.05) is 37.3 Å². The molecule has 9 nitrogen and oxygen atoms in total. The highest BCUT2D eigenvalue weighted by molar-refractivity contribution is 7.89. The van der Waals surface area contributed by atoms with E-state index in [0.717, 1.165) is 5.56 Å². The summed E-state index contributed by atoms with van der Waals surface area (Å²) >= 11 is 0. The van der Waals surface area contributed by atoms with Crippen LogP contribution in [-0.4, -0.2) is 50.7 Å². The lowest BCUT2D eigenvalue weighted by Crippen LogP contribution is -2.41. The van der Waals surface area contributed by atoms with Gasteiger partial charge in [0.25, 0.3) is 0 Å². The highest BCUT2D eigenvalue weighted by Gasteiger charge is 2.34. The molecule has 2 aromatic carbocycles. The normalized spacial score (nSPS) is 15.0. The summed E-state index contributed by atoms with van der Waals surface area (Å²) in [5.41, 5.74) is 2.02.